The predicted octanol–water partition coefficient (Wildman–Crippen LogP) is 1.64. The van der Waals surface area contributed by atoms with Crippen LogP contribution in [0.5, 0.6) is 0 Å². The van der Waals surface area contributed by atoms with E-state index < -0.39 is 0 Å². The molecule has 0 saturated carbocycles. The Hall–Kier alpha value is -1.84. The average Bonchev–Trinajstić information content (AvgIpc) is 2.65. The van der Waals surface area contributed by atoms with Crippen molar-refractivity contribution in [2.24, 2.45) is 0 Å². The summed E-state index contributed by atoms with van der Waals surface area (Å²) in [5.74, 6) is 0. The number of nitrogens with zero attached hydrogens (tertiary/aromatic N) is 4. The van der Waals surface area contributed by atoms with Crippen LogP contribution in [0.15, 0.2) is 30.5 Å². The lowest BCUT2D eigenvalue weighted by atomic mass is 10.2. The molecule has 2 rings (SSSR count). The molecule has 0 aliphatic heterocycles. The first-order valence-corrected chi connectivity index (χ1v) is 4.83. The van der Waals surface area contributed by atoms with E-state index >= 15 is 0 Å². The number of aromatic nitrogens is 3. The summed E-state index contributed by atoms with van der Waals surface area (Å²) in [7, 11) is 4.04. The number of aryl methyl sites for hydroxylation is 1. The summed E-state index contributed by atoms with van der Waals surface area (Å²) in [5.41, 5.74) is 3.13. The van der Waals surface area contributed by atoms with Crippen LogP contribution in [-0.4, -0.2) is 29.1 Å². The Morgan fingerprint density at radius 2 is 1.80 bits per heavy atom. The summed E-state index contributed by atoms with van der Waals surface area (Å²) in [4.78, 5) is 2.07. The van der Waals surface area contributed by atoms with Gasteiger partial charge in [-0.15, -0.1) is 5.10 Å². The van der Waals surface area contributed by atoms with Crippen LogP contribution >= 0.6 is 0 Å². The van der Waals surface area contributed by atoms with Gasteiger partial charge in [0.15, 0.2) is 0 Å². The van der Waals surface area contributed by atoms with Crippen molar-refractivity contribution >= 4 is 5.69 Å². The molecule has 4 heteroatoms. The third-order valence-electron chi connectivity index (χ3n) is 2.24. The van der Waals surface area contributed by atoms with Crippen LogP contribution in [0.25, 0.3) is 5.69 Å². The summed E-state index contributed by atoms with van der Waals surface area (Å²) in [5, 5.41) is 7.97. The highest BCUT2D eigenvalue weighted by Crippen LogP contribution is 2.14. The molecule has 0 atom stereocenters. The molecule has 1 aromatic heterocycles. The van der Waals surface area contributed by atoms with Gasteiger partial charge < -0.3 is 4.90 Å². The van der Waals surface area contributed by atoms with Crippen LogP contribution in [0.2, 0.25) is 0 Å². The summed E-state index contributed by atoms with van der Waals surface area (Å²) < 4.78 is 1.77. The lowest BCUT2D eigenvalue weighted by Crippen LogP contribution is -2.08. The van der Waals surface area contributed by atoms with E-state index in [1.807, 2.05) is 39.3 Å². The van der Waals surface area contributed by atoms with Crippen molar-refractivity contribution in [1.29, 1.82) is 0 Å². The second-order valence-corrected chi connectivity index (χ2v) is 3.72. The van der Waals surface area contributed by atoms with E-state index in [0.717, 1.165) is 11.4 Å². The van der Waals surface area contributed by atoms with Crippen molar-refractivity contribution in [2.45, 2.75) is 6.92 Å². The van der Waals surface area contributed by atoms with Crippen LogP contribution in [0.4, 0.5) is 5.69 Å². The molecule has 1 aromatic carbocycles. The van der Waals surface area contributed by atoms with Gasteiger partial charge in [-0.1, -0.05) is 5.21 Å². The number of rotatable bonds is 2. The fourth-order valence-corrected chi connectivity index (χ4v) is 1.38. The Bertz CT molecular complexity index is 442. The van der Waals surface area contributed by atoms with Crippen LogP contribution < -0.4 is 4.90 Å². The number of hydrogen-bond acceptors (Lipinski definition) is 3. The van der Waals surface area contributed by atoms with Crippen LogP contribution in [0, 0.1) is 6.92 Å². The molecule has 2 aromatic rings. The van der Waals surface area contributed by atoms with Gasteiger partial charge in [0.2, 0.25) is 0 Å². The van der Waals surface area contributed by atoms with Crippen molar-refractivity contribution in [2.75, 3.05) is 19.0 Å². The SMILES string of the molecule is Cc1cn(-c2ccc(N(C)C)cc2)nn1. The molecule has 1 heterocycles. The number of benzene rings is 1. The molecule has 78 valence electrons. The molecule has 0 N–H and O–H groups in total. The lowest BCUT2D eigenvalue weighted by Gasteiger charge is -2.12. The first kappa shape index (κ1) is 9.71. The van der Waals surface area contributed by atoms with Crippen molar-refractivity contribution in [3.05, 3.63) is 36.2 Å². The highest BCUT2D eigenvalue weighted by Gasteiger charge is 2.00. The third kappa shape index (κ3) is 1.98. The minimum absolute atomic E-state index is 0.923. The second kappa shape index (κ2) is 3.73. The minimum Gasteiger partial charge on any atom is -0.378 e. The first-order chi connectivity index (χ1) is 7.16. The Labute approximate surface area is 89.1 Å². The Morgan fingerprint density at radius 1 is 1.13 bits per heavy atom. The first-order valence-electron chi connectivity index (χ1n) is 4.83. The molecule has 0 unspecified atom stereocenters. The van der Waals surface area contributed by atoms with Crippen LogP contribution in [-0.2, 0) is 0 Å². The summed E-state index contributed by atoms with van der Waals surface area (Å²) >= 11 is 0. The predicted molar refractivity (Wildman–Crippen MR) is 60.4 cm³/mol. The normalized spacial score (nSPS) is 10.3. The summed E-state index contributed by atoms with van der Waals surface area (Å²) in [6.07, 6.45) is 1.91. The Morgan fingerprint density at radius 3 is 2.27 bits per heavy atom. The van der Waals surface area contributed by atoms with E-state index in [1.54, 1.807) is 4.68 Å². The van der Waals surface area contributed by atoms with Gasteiger partial charge in [-0.2, -0.15) is 0 Å². The highest BCUT2D eigenvalue weighted by molar-refractivity contribution is 5.49. The van der Waals surface area contributed by atoms with Crippen molar-refractivity contribution in [3.63, 3.8) is 0 Å². The van der Waals surface area contributed by atoms with E-state index in [4.69, 9.17) is 0 Å². The Balaban J connectivity index is 2.31. The zero-order valence-corrected chi connectivity index (χ0v) is 9.18. The van der Waals surface area contributed by atoms with Gasteiger partial charge in [-0.3, -0.25) is 0 Å². The molecule has 0 radical (unpaired) electrons. The third-order valence-corrected chi connectivity index (χ3v) is 2.24. The molecule has 0 fully saturated rings. The molecule has 0 aliphatic carbocycles. The van der Waals surface area contributed by atoms with Gasteiger partial charge in [0, 0.05) is 19.8 Å². The zero-order valence-electron chi connectivity index (χ0n) is 9.18. The molecule has 4 nitrogen and oxygen atoms in total. The maximum atomic E-state index is 4.01. The molecular formula is C11H14N4. The van der Waals surface area contributed by atoms with E-state index in [-0.39, 0.29) is 0 Å². The van der Waals surface area contributed by atoms with Gasteiger partial charge in [-0.05, 0) is 31.2 Å². The van der Waals surface area contributed by atoms with Gasteiger partial charge in [0.1, 0.15) is 0 Å². The van der Waals surface area contributed by atoms with E-state index in [9.17, 15) is 0 Å². The van der Waals surface area contributed by atoms with Crippen LogP contribution in [0.3, 0.4) is 0 Å². The zero-order chi connectivity index (χ0) is 10.8. The largest absolute Gasteiger partial charge is 0.378 e. The van der Waals surface area contributed by atoms with Crippen LogP contribution in [0.1, 0.15) is 5.69 Å². The van der Waals surface area contributed by atoms with Gasteiger partial charge >= 0.3 is 0 Å². The monoisotopic (exact) mass is 202 g/mol. The molecule has 0 amide bonds. The average molecular weight is 202 g/mol. The highest BCUT2D eigenvalue weighted by atomic mass is 15.4. The topological polar surface area (TPSA) is 34.0 Å². The van der Waals surface area contributed by atoms with Gasteiger partial charge in [-0.25, -0.2) is 4.68 Å². The summed E-state index contributed by atoms with van der Waals surface area (Å²) in [6, 6.07) is 8.19. The van der Waals surface area contributed by atoms with Gasteiger partial charge in [0.05, 0.1) is 17.6 Å². The minimum atomic E-state index is 0.923. The van der Waals surface area contributed by atoms with Crippen molar-refractivity contribution < 1.29 is 0 Å². The standard InChI is InChI=1S/C11H14N4/c1-9-8-15(13-12-9)11-6-4-10(5-7-11)14(2)3/h4-8H,1-3H3. The molecule has 15 heavy (non-hydrogen) atoms. The molecule has 0 spiro atoms. The van der Waals surface area contributed by atoms with E-state index in [0.29, 0.717) is 0 Å². The maximum absolute atomic E-state index is 4.01. The quantitative estimate of drug-likeness (QED) is 0.742. The maximum Gasteiger partial charge on any atom is 0.0800 e. The smallest absolute Gasteiger partial charge is 0.0800 e. The molecule has 0 aliphatic rings. The Kier molecular flexibility index (Phi) is 2.41. The van der Waals surface area contributed by atoms with Crippen molar-refractivity contribution in [3.8, 4) is 5.69 Å². The fourth-order valence-electron chi connectivity index (χ4n) is 1.38. The second-order valence-electron chi connectivity index (χ2n) is 3.72. The molecule has 0 bridgehead atoms. The van der Waals surface area contributed by atoms with Gasteiger partial charge in [0.25, 0.3) is 0 Å². The van der Waals surface area contributed by atoms with Crippen molar-refractivity contribution in [1.82, 2.24) is 15.0 Å². The number of anilines is 1. The van der Waals surface area contributed by atoms with E-state index in [2.05, 4.69) is 27.3 Å². The lowest BCUT2D eigenvalue weighted by molar-refractivity contribution is 0.801. The molecule has 0 saturated heterocycles. The summed E-state index contributed by atoms with van der Waals surface area (Å²) in [6.45, 7) is 1.93. The number of hydrogen-bond donors (Lipinski definition) is 0. The molecular weight excluding hydrogens is 188 g/mol. The van der Waals surface area contributed by atoms with E-state index in [1.165, 1.54) is 5.69 Å². The fraction of sp³-hybridized carbons (Fsp3) is 0.273.